The Morgan fingerprint density at radius 1 is 1.23 bits per heavy atom. The summed E-state index contributed by atoms with van der Waals surface area (Å²) in [5.74, 6) is -0.788. The lowest BCUT2D eigenvalue weighted by molar-refractivity contribution is -0.140. The van der Waals surface area contributed by atoms with Crippen molar-refractivity contribution in [2.45, 2.75) is 44.9 Å². The zero-order valence-electron chi connectivity index (χ0n) is 18.8. The Bertz CT molecular complexity index is 858. The SMILES string of the molecule is [2H][C@@H](NN(C)[C@H](C)[C@@H](O)c1ccccc1)c1[nH]cc(CCC(=O)OC)c1CC(=O)OC. The molecule has 164 valence electrons. The third-order valence-electron chi connectivity index (χ3n) is 5.11. The molecule has 1 aromatic heterocycles. The van der Waals surface area contributed by atoms with E-state index >= 15 is 0 Å². The van der Waals surface area contributed by atoms with Crippen LogP contribution < -0.4 is 5.43 Å². The van der Waals surface area contributed by atoms with E-state index in [4.69, 9.17) is 6.11 Å². The summed E-state index contributed by atoms with van der Waals surface area (Å²) in [5.41, 5.74) is 5.68. The lowest BCUT2D eigenvalue weighted by atomic mass is 10.0. The maximum Gasteiger partial charge on any atom is 0.310 e. The second-order valence-electron chi connectivity index (χ2n) is 7.02. The van der Waals surface area contributed by atoms with Crippen LogP contribution in [0.3, 0.4) is 0 Å². The topological polar surface area (TPSA) is 104 Å². The van der Waals surface area contributed by atoms with Crippen molar-refractivity contribution in [2.75, 3.05) is 21.3 Å². The number of ether oxygens (including phenoxy) is 2. The van der Waals surface area contributed by atoms with E-state index in [1.807, 2.05) is 37.3 Å². The minimum Gasteiger partial charge on any atom is -0.469 e. The standard InChI is InChI=1S/C22H31N3O5/c1-15(22(28)16-8-6-5-7-9-16)25(2)24-14-19-18(12-21(27)30-4)17(13-23-19)10-11-20(26)29-3/h5-9,13,15,22-24,28H,10-12,14H2,1-4H3/t15-,22-/m1/s1/i14D/t14-,15-,22-. The normalized spacial score (nSPS) is 14.7. The summed E-state index contributed by atoms with van der Waals surface area (Å²) in [6, 6.07) is 8.97. The molecule has 0 fully saturated rings. The number of aromatic nitrogens is 1. The van der Waals surface area contributed by atoms with Crippen molar-refractivity contribution in [3.63, 3.8) is 0 Å². The van der Waals surface area contributed by atoms with E-state index in [2.05, 4.69) is 15.1 Å². The van der Waals surface area contributed by atoms with Crippen LogP contribution in [0.4, 0.5) is 0 Å². The Kier molecular flexibility index (Phi) is 8.43. The quantitative estimate of drug-likeness (QED) is 0.378. The summed E-state index contributed by atoms with van der Waals surface area (Å²) in [5, 5.41) is 12.3. The number of rotatable bonds is 11. The van der Waals surface area contributed by atoms with Crippen LogP contribution in [0.15, 0.2) is 36.5 Å². The lowest BCUT2D eigenvalue weighted by Crippen LogP contribution is -2.43. The number of nitrogens with one attached hydrogen (secondary N) is 2. The van der Waals surface area contributed by atoms with Gasteiger partial charge in [-0.2, -0.15) is 0 Å². The number of hydrogen-bond donors (Lipinski definition) is 3. The summed E-state index contributed by atoms with van der Waals surface area (Å²) >= 11 is 0. The van der Waals surface area contributed by atoms with Crippen molar-refractivity contribution in [3.8, 4) is 0 Å². The molecule has 0 radical (unpaired) electrons. The van der Waals surface area contributed by atoms with Crippen LogP contribution in [0.2, 0.25) is 0 Å². The van der Waals surface area contributed by atoms with Gasteiger partial charge in [0.25, 0.3) is 0 Å². The van der Waals surface area contributed by atoms with Crippen LogP contribution in [0, 0.1) is 0 Å². The van der Waals surface area contributed by atoms with Crippen LogP contribution in [0.1, 0.15) is 43.2 Å². The fourth-order valence-corrected chi connectivity index (χ4v) is 3.05. The highest BCUT2D eigenvalue weighted by atomic mass is 16.5. The van der Waals surface area contributed by atoms with Gasteiger partial charge in [0, 0.05) is 25.4 Å². The lowest BCUT2D eigenvalue weighted by Gasteiger charge is -2.29. The molecular formula is C22H31N3O5. The number of hydrogen-bond acceptors (Lipinski definition) is 7. The molecule has 0 spiro atoms. The van der Waals surface area contributed by atoms with Crippen molar-refractivity contribution in [1.82, 2.24) is 15.4 Å². The van der Waals surface area contributed by atoms with Crippen LogP contribution in [-0.4, -0.2) is 54.3 Å². The Hall–Kier alpha value is -2.68. The molecule has 0 saturated heterocycles. The number of H-pyrrole nitrogens is 1. The van der Waals surface area contributed by atoms with Gasteiger partial charge >= 0.3 is 11.9 Å². The second-order valence-corrected chi connectivity index (χ2v) is 7.02. The number of carbonyl (C=O) groups excluding carboxylic acids is 2. The average molecular weight is 419 g/mol. The third-order valence-corrected chi connectivity index (χ3v) is 5.11. The summed E-state index contributed by atoms with van der Waals surface area (Å²) in [7, 11) is 4.38. The first kappa shape index (κ1) is 22.0. The number of esters is 2. The monoisotopic (exact) mass is 418 g/mol. The molecule has 0 aliphatic heterocycles. The summed E-state index contributed by atoms with van der Waals surface area (Å²) in [6.07, 6.45) is 1.47. The minimum absolute atomic E-state index is 0.0190. The largest absolute Gasteiger partial charge is 0.469 e. The van der Waals surface area contributed by atoms with Gasteiger partial charge in [-0.05, 0) is 30.0 Å². The van der Waals surface area contributed by atoms with Gasteiger partial charge in [0.05, 0.1) is 40.7 Å². The fourth-order valence-electron chi connectivity index (χ4n) is 3.05. The molecule has 30 heavy (non-hydrogen) atoms. The Labute approximate surface area is 178 Å². The first-order valence-corrected chi connectivity index (χ1v) is 9.75. The molecule has 0 unspecified atom stereocenters. The Morgan fingerprint density at radius 2 is 1.90 bits per heavy atom. The van der Waals surface area contributed by atoms with Gasteiger partial charge < -0.3 is 19.6 Å². The molecule has 0 aliphatic carbocycles. The van der Waals surface area contributed by atoms with Gasteiger partial charge in [-0.3, -0.25) is 9.59 Å². The Balaban J connectivity index is 2.15. The van der Waals surface area contributed by atoms with Crippen LogP contribution in [0.25, 0.3) is 0 Å². The first-order valence-electron chi connectivity index (χ1n) is 10.3. The molecule has 0 aliphatic rings. The third kappa shape index (κ3) is 6.41. The van der Waals surface area contributed by atoms with Crippen molar-refractivity contribution in [3.05, 3.63) is 58.9 Å². The molecule has 1 heterocycles. The number of likely N-dealkylation sites (N-methyl/N-ethyl adjacent to an activating group) is 1. The zero-order valence-corrected chi connectivity index (χ0v) is 17.8. The smallest absolute Gasteiger partial charge is 0.310 e. The minimum atomic E-state index is -0.929. The number of aliphatic hydroxyl groups excluding tert-OH is 1. The highest BCUT2D eigenvalue weighted by Crippen LogP contribution is 2.21. The number of nitrogens with zero attached hydrogens (tertiary/aromatic N) is 1. The zero-order chi connectivity index (χ0) is 23.0. The van der Waals surface area contributed by atoms with Gasteiger partial charge in [-0.25, -0.2) is 10.4 Å². The first-order chi connectivity index (χ1) is 14.8. The summed E-state index contributed by atoms with van der Waals surface area (Å²) in [4.78, 5) is 26.5. The molecule has 3 atom stereocenters. The molecule has 2 aromatic rings. The molecule has 1 aromatic carbocycles. The molecular weight excluding hydrogens is 386 g/mol. The van der Waals surface area contributed by atoms with Crippen LogP contribution in [0.5, 0.6) is 0 Å². The van der Waals surface area contributed by atoms with Crippen molar-refractivity contribution in [2.24, 2.45) is 0 Å². The predicted molar refractivity (Wildman–Crippen MR) is 112 cm³/mol. The summed E-state index contributed by atoms with van der Waals surface area (Å²) < 4.78 is 18.1. The second kappa shape index (κ2) is 11.5. The molecule has 0 saturated carbocycles. The van der Waals surface area contributed by atoms with E-state index in [0.29, 0.717) is 17.7 Å². The van der Waals surface area contributed by atoms with Gasteiger partial charge in [-0.1, -0.05) is 30.3 Å². The number of aromatic amines is 1. The van der Waals surface area contributed by atoms with Crippen molar-refractivity contribution >= 4 is 11.9 Å². The van der Waals surface area contributed by atoms with E-state index in [9.17, 15) is 14.7 Å². The molecule has 0 bridgehead atoms. The number of aryl methyl sites for hydroxylation is 1. The maximum absolute atomic E-state index is 11.9. The highest BCUT2D eigenvalue weighted by Gasteiger charge is 2.21. The van der Waals surface area contributed by atoms with Gasteiger partial charge in [0.1, 0.15) is 0 Å². The van der Waals surface area contributed by atoms with Crippen molar-refractivity contribution in [1.29, 1.82) is 0 Å². The van der Waals surface area contributed by atoms with Gasteiger partial charge in [-0.15, -0.1) is 0 Å². The average Bonchev–Trinajstić information content (AvgIpc) is 3.18. The van der Waals surface area contributed by atoms with Gasteiger partial charge in [0.2, 0.25) is 0 Å². The number of aliphatic hydroxyl groups is 1. The highest BCUT2D eigenvalue weighted by molar-refractivity contribution is 5.74. The summed E-state index contributed by atoms with van der Waals surface area (Å²) in [6.45, 7) is 0.922. The van der Waals surface area contributed by atoms with Crippen molar-refractivity contribution < 1.29 is 25.5 Å². The van der Waals surface area contributed by atoms with E-state index in [0.717, 1.165) is 11.1 Å². The van der Waals surface area contributed by atoms with Crippen LogP contribution >= 0.6 is 0 Å². The Morgan fingerprint density at radius 3 is 2.53 bits per heavy atom. The van der Waals surface area contributed by atoms with E-state index in [1.54, 1.807) is 18.3 Å². The molecule has 0 amide bonds. The van der Waals surface area contributed by atoms with E-state index in [-0.39, 0.29) is 24.9 Å². The molecule has 8 nitrogen and oxygen atoms in total. The predicted octanol–water partition coefficient (Wildman–Crippen LogP) is 1.89. The number of methoxy groups -OCH3 is 2. The fraction of sp³-hybridized carbons (Fsp3) is 0.455. The molecule has 2 rings (SSSR count). The molecule has 8 heteroatoms. The number of benzene rings is 1. The number of carbonyl (C=O) groups is 2. The van der Waals surface area contributed by atoms with Gasteiger partial charge in [0.15, 0.2) is 0 Å². The number of hydrazine groups is 1. The van der Waals surface area contributed by atoms with Crippen LogP contribution in [-0.2, 0) is 38.4 Å². The van der Waals surface area contributed by atoms with E-state index < -0.39 is 18.6 Å². The maximum atomic E-state index is 11.9. The molecule has 3 N–H and O–H groups in total. The van der Waals surface area contributed by atoms with E-state index in [1.165, 1.54) is 14.2 Å².